The lowest BCUT2D eigenvalue weighted by Crippen LogP contribution is -2.31. The molecule has 12 heavy (non-hydrogen) atoms. The largest absolute Gasteiger partial charge is 0.481 e. The third kappa shape index (κ3) is 2.22. The van der Waals surface area contributed by atoms with Crippen LogP contribution in [0.25, 0.3) is 0 Å². The van der Waals surface area contributed by atoms with Crippen molar-refractivity contribution in [1.82, 2.24) is 0 Å². The van der Waals surface area contributed by atoms with E-state index in [9.17, 15) is 14.4 Å². The molecule has 0 spiro atoms. The van der Waals surface area contributed by atoms with Gasteiger partial charge in [-0.1, -0.05) is 6.92 Å². The topological polar surface area (TPSA) is 112 Å². The van der Waals surface area contributed by atoms with Gasteiger partial charge in [-0.05, 0) is 0 Å². The fourth-order valence-electron chi connectivity index (χ4n) is 0.585. The van der Waals surface area contributed by atoms with Crippen molar-refractivity contribution in [2.45, 2.75) is 6.92 Å². The first kappa shape index (κ1) is 10.4. The van der Waals surface area contributed by atoms with Gasteiger partial charge < -0.3 is 15.3 Å². The minimum atomic E-state index is -1.72. The lowest BCUT2D eigenvalue weighted by Gasteiger charge is -2.09. The summed E-state index contributed by atoms with van der Waals surface area (Å²) in [5.74, 6) is -7.48. The number of hydrogen-bond acceptors (Lipinski definition) is 3. The molecule has 0 aromatic heterocycles. The van der Waals surface area contributed by atoms with Gasteiger partial charge >= 0.3 is 17.9 Å². The van der Waals surface area contributed by atoms with Crippen molar-refractivity contribution in [3.63, 3.8) is 0 Å². The summed E-state index contributed by atoms with van der Waals surface area (Å²) in [6.07, 6.45) is 0. The van der Waals surface area contributed by atoms with Crippen molar-refractivity contribution in [2.24, 2.45) is 5.92 Å². The molecule has 0 amide bonds. The van der Waals surface area contributed by atoms with E-state index in [0.29, 0.717) is 0 Å². The Morgan fingerprint density at radius 2 is 1.33 bits per heavy atom. The normalized spacial score (nSPS) is 12.5. The van der Waals surface area contributed by atoms with Crippen LogP contribution in [0.5, 0.6) is 0 Å². The zero-order valence-electron chi connectivity index (χ0n) is 6.14. The summed E-state index contributed by atoms with van der Waals surface area (Å²) in [4.78, 5) is 30.6. The van der Waals surface area contributed by atoms with Crippen molar-refractivity contribution in [3.05, 3.63) is 5.92 Å². The Labute approximate surface area is 67.4 Å². The summed E-state index contributed by atoms with van der Waals surface area (Å²) in [6, 6.07) is 0. The molecule has 67 valence electrons. The Bertz CT molecular complexity index is 206. The summed E-state index contributed by atoms with van der Waals surface area (Å²) in [7, 11) is 0. The zero-order chi connectivity index (χ0) is 9.89. The van der Waals surface area contributed by atoms with Crippen molar-refractivity contribution < 1.29 is 29.7 Å². The molecule has 0 saturated carbocycles. The van der Waals surface area contributed by atoms with Crippen LogP contribution in [-0.4, -0.2) is 33.2 Å². The Morgan fingerprint density at radius 1 is 1.00 bits per heavy atom. The Morgan fingerprint density at radius 3 is 1.42 bits per heavy atom. The zero-order valence-corrected chi connectivity index (χ0v) is 6.14. The molecular weight excluding hydrogens is 168 g/mol. The smallest absolute Gasteiger partial charge is 0.323 e. The van der Waals surface area contributed by atoms with E-state index in [4.69, 9.17) is 15.3 Å². The van der Waals surface area contributed by atoms with Crippen molar-refractivity contribution in [3.8, 4) is 0 Å². The molecule has 1 atom stereocenters. The van der Waals surface area contributed by atoms with E-state index in [0.717, 1.165) is 6.92 Å². The highest BCUT2D eigenvalue weighted by Gasteiger charge is 2.37. The summed E-state index contributed by atoms with van der Waals surface area (Å²) in [5, 5.41) is 24.9. The van der Waals surface area contributed by atoms with E-state index in [-0.39, 0.29) is 0 Å². The highest BCUT2D eigenvalue weighted by Crippen LogP contribution is 2.14. The van der Waals surface area contributed by atoms with Gasteiger partial charge in [0.1, 0.15) is 0 Å². The van der Waals surface area contributed by atoms with Gasteiger partial charge in [0.2, 0.25) is 5.92 Å². The Balaban J connectivity index is 4.63. The molecule has 0 bridgehead atoms. The summed E-state index contributed by atoms with van der Waals surface area (Å²) in [5.41, 5.74) is 0. The van der Waals surface area contributed by atoms with E-state index in [1.54, 1.807) is 0 Å². The maximum Gasteiger partial charge on any atom is 0.323 e. The van der Waals surface area contributed by atoms with Crippen LogP contribution in [0, 0.1) is 11.8 Å². The quantitative estimate of drug-likeness (QED) is 0.494. The average molecular weight is 175 g/mol. The van der Waals surface area contributed by atoms with Crippen molar-refractivity contribution in [2.75, 3.05) is 0 Å². The van der Waals surface area contributed by atoms with Gasteiger partial charge in [0.05, 0.1) is 5.92 Å². The Kier molecular flexibility index (Phi) is 3.21. The number of hydrogen-bond donors (Lipinski definition) is 3. The predicted molar refractivity (Wildman–Crippen MR) is 35.3 cm³/mol. The maximum atomic E-state index is 10.2. The van der Waals surface area contributed by atoms with Gasteiger partial charge in [-0.25, -0.2) is 0 Å². The minimum absolute atomic E-state index is 1.000. The van der Waals surface area contributed by atoms with E-state index >= 15 is 0 Å². The standard InChI is InChI=1S/C6H7O6/c1-2(4(7)8)3(5(9)10)6(11)12/h2H,1H3,(H,7,8)(H,9,10)(H,11,12). The molecule has 0 aliphatic carbocycles. The first-order chi connectivity index (χ1) is 5.37. The molecule has 6 nitrogen and oxygen atoms in total. The molecule has 0 saturated heterocycles. The second-order valence-corrected chi connectivity index (χ2v) is 2.08. The summed E-state index contributed by atoms with van der Waals surface area (Å²) < 4.78 is 0. The molecule has 0 aromatic carbocycles. The SMILES string of the molecule is CC([C](C(=O)O)C(=O)O)C(=O)O. The first-order valence-corrected chi connectivity index (χ1v) is 2.94. The van der Waals surface area contributed by atoms with E-state index in [1.165, 1.54) is 0 Å². The molecule has 1 unspecified atom stereocenters. The molecule has 1 radical (unpaired) electrons. The van der Waals surface area contributed by atoms with Gasteiger partial charge in [-0.2, -0.15) is 0 Å². The fraction of sp³-hybridized carbons (Fsp3) is 0.333. The molecular formula is C6H7O6. The van der Waals surface area contributed by atoms with Crippen LogP contribution < -0.4 is 0 Å². The van der Waals surface area contributed by atoms with E-state index < -0.39 is 29.7 Å². The number of carboxylic acid groups (broad SMARTS) is 3. The van der Waals surface area contributed by atoms with E-state index in [2.05, 4.69) is 0 Å². The number of rotatable bonds is 4. The van der Waals surface area contributed by atoms with Crippen LogP contribution in [0.3, 0.4) is 0 Å². The number of carboxylic acids is 3. The molecule has 0 aliphatic rings. The van der Waals surface area contributed by atoms with Gasteiger partial charge in [0.25, 0.3) is 0 Å². The van der Waals surface area contributed by atoms with E-state index in [1.807, 2.05) is 0 Å². The molecule has 0 aromatic rings. The van der Waals surface area contributed by atoms with Gasteiger partial charge in [-0.3, -0.25) is 14.4 Å². The predicted octanol–water partition coefficient (Wildman–Crippen LogP) is -0.549. The van der Waals surface area contributed by atoms with Gasteiger partial charge in [0, 0.05) is 0 Å². The monoisotopic (exact) mass is 175 g/mol. The number of aliphatic carboxylic acids is 3. The van der Waals surface area contributed by atoms with Crippen LogP contribution in [0.4, 0.5) is 0 Å². The third-order valence-electron chi connectivity index (χ3n) is 1.26. The van der Waals surface area contributed by atoms with Crippen LogP contribution >= 0.6 is 0 Å². The first-order valence-electron chi connectivity index (χ1n) is 2.94. The lowest BCUT2D eigenvalue weighted by molar-refractivity contribution is -0.152. The van der Waals surface area contributed by atoms with Crippen LogP contribution in [0.15, 0.2) is 0 Å². The van der Waals surface area contributed by atoms with Crippen LogP contribution in [0.2, 0.25) is 0 Å². The fourth-order valence-corrected chi connectivity index (χ4v) is 0.585. The minimum Gasteiger partial charge on any atom is -0.481 e. The van der Waals surface area contributed by atoms with Crippen LogP contribution in [-0.2, 0) is 14.4 Å². The Hall–Kier alpha value is -1.59. The molecule has 0 aliphatic heterocycles. The number of carbonyl (C=O) groups is 3. The molecule has 0 fully saturated rings. The summed E-state index contributed by atoms with van der Waals surface area (Å²) >= 11 is 0. The molecule has 3 N–H and O–H groups in total. The van der Waals surface area contributed by atoms with Crippen molar-refractivity contribution in [1.29, 1.82) is 0 Å². The highest BCUT2D eigenvalue weighted by molar-refractivity contribution is 6.11. The summed E-state index contributed by atoms with van der Waals surface area (Å²) in [6.45, 7) is 1.000. The second kappa shape index (κ2) is 3.70. The molecule has 0 heterocycles. The maximum absolute atomic E-state index is 10.2. The highest BCUT2D eigenvalue weighted by atomic mass is 16.4. The third-order valence-corrected chi connectivity index (χ3v) is 1.26. The van der Waals surface area contributed by atoms with Crippen molar-refractivity contribution >= 4 is 17.9 Å². The second-order valence-electron chi connectivity index (χ2n) is 2.08. The van der Waals surface area contributed by atoms with Gasteiger partial charge in [-0.15, -0.1) is 0 Å². The van der Waals surface area contributed by atoms with Crippen LogP contribution in [0.1, 0.15) is 6.92 Å². The van der Waals surface area contributed by atoms with Gasteiger partial charge in [0.15, 0.2) is 0 Å². The molecule has 0 rings (SSSR count). The molecule has 6 heteroatoms. The average Bonchev–Trinajstić information content (AvgIpc) is 1.85. The lowest BCUT2D eigenvalue weighted by atomic mass is 9.95.